The number of hydrogen-bond acceptors (Lipinski definition) is 2. The molecule has 0 spiro atoms. The monoisotopic (exact) mass is 365 g/mol. The van der Waals surface area contributed by atoms with Crippen LogP contribution in [0.2, 0.25) is 0 Å². The van der Waals surface area contributed by atoms with Gasteiger partial charge in [-0.05, 0) is 42.0 Å². The number of carbonyl (C=O) groups excluding carboxylic acids is 1. The van der Waals surface area contributed by atoms with Crippen molar-refractivity contribution in [2.75, 3.05) is 5.32 Å². The zero-order chi connectivity index (χ0) is 19.7. The Kier molecular flexibility index (Phi) is 4.42. The second-order valence-electron chi connectivity index (χ2n) is 6.76. The number of rotatable bonds is 3. The van der Waals surface area contributed by atoms with Gasteiger partial charge in [-0.2, -0.15) is 5.26 Å². The SMILES string of the molecule is Cc1c(/C=C(/C#N)C(=O)Nc2ccc3ccccc3c2)c2ccccc2n1C. The van der Waals surface area contributed by atoms with Crippen molar-refractivity contribution in [1.82, 2.24) is 4.57 Å². The van der Waals surface area contributed by atoms with E-state index in [-0.39, 0.29) is 5.57 Å². The molecule has 0 aliphatic carbocycles. The third-order valence-corrected chi connectivity index (χ3v) is 5.11. The summed E-state index contributed by atoms with van der Waals surface area (Å²) in [4.78, 5) is 12.7. The second kappa shape index (κ2) is 7.05. The van der Waals surface area contributed by atoms with E-state index >= 15 is 0 Å². The Hall–Kier alpha value is -3.84. The normalized spacial score (nSPS) is 11.5. The van der Waals surface area contributed by atoms with Gasteiger partial charge in [0.1, 0.15) is 11.6 Å². The summed E-state index contributed by atoms with van der Waals surface area (Å²) in [6, 6.07) is 23.7. The topological polar surface area (TPSA) is 57.8 Å². The van der Waals surface area contributed by atoms with Gasteiger partial charge in [0, 0.05) is 34.9 Å². The van der Waals surface area contributed by atoms with Crippen LogP contribution in [0, 0.1) is 18.3 Å². The van der Waals surface area contributed by atoms with E-state index in [4.69, 9.17) is 0 Å². The quantitative estimate of drug-likeness (QED) is 0.401. The molecule has 0 radical (unpaired) electrons. The molecule has 0 fully saturated rings. The molecular formula is C24H19N3O. The van der Waals surface area contributed by atoms with Gasteiger partial charge in [-0.3, -0.25) is 4.79 Å². The molecule has 0 aliphatic heterocycles. The number of nitrogens with zero attached hydrogens (tertiary/aromatic N) is 2. The molecule has 0 unspecified atom stereocenters. The van der Waals surface area contributed by atoms with E-state index in [2.05, 4.69) is 9.88 Å². The molecule has 4 aromatic rings. The molecule has 4 rings (SSSR count). The molecule has 1 N–H and O–H groups in total. The molecule has 0 saturated heterocycles. The Morgan fingerprint density at radius 2 is 1.75 bits per heavy atom. The van der Waals surface area contributed by atoms with Crippen LogP contribution in [0.1, 0.15) is 11.3 Å². The van der Waals surface area contributed by atoms with Gasteiger partial charge in [0.05, 0.1) is 0 Å². The van der Waals surface area contributed by atoms with Gasteiger partial charge in [-0.1, -0.05) is 48.5 Å². The summed E-state index contributed by atoms with van der Waals surface area (Å²) in [5.41, 5.74) is 3.71. The Morgan fingerprint density at radius 1 is 1.04 bits per heavy atom. The fraction of sp³-hybridized carbons (Fsp3) is 0.0833. The van der Waals surface area contributed by atoms with E-state index in [1.54, 1.807) is 6.08 Å². The van der Waals surface area contributed by atoms with Crippen molar-refractivity contribution < 1.29 is 4.79 Å². The molecule has 4 heteroatoms. The molecule has 28 heavy (non-hydrogen) atoms. The lowest BCUT2D eigenvalue weighted by Crippen LogP contribution is -2.13. The third kappa shape index (κ3) is 3.04. The van der Waals surface area contributed by atoms with Crippen LogP contribution in [-0.4, -0.2) is 10.5 Å². The number of nitriles is 1. The predicted molar refractivity (Wildman–Crippen MR) is 114 cm³/mol. The number of carbonyl (C=O) groups is 1. The number of nitrogens with one attached hydrogen (secondary N) is 1. The highest BCUT2D eigenvalue weighted by molar-refractivity contribution is 6.11. The highest BCUT2D eigenvalue weighted by Crippen LogP contribution is 2.27. The molecule has 0 atom stereocenters. The molecule has 1 amide bonds. The maximum atomic E-state index is 12.7. The number of aryl methyl sites for hydroxylation is 1. The molecule has 3 aromatic carbocycles. The highest BCUT2D eigenvalue weighted by atomic mass is 16.1. The van der Waals surface area contributed by atoms with Crippen LogP contribution < -0.4 is 5.32 Å². The first kappa shape index (κ1) is 17.6. The van der Waals surface area contributed by atoms with Crippen molar-refractivity contribution in [3.63, 3.8) is 0 Å². The Bertz CT molecular complexity index is 1290. The molecule has 0 saturated carbocycles. The summed E-state index contributed by atoms with van der Waals surface area (Å²) in [7, 11) is 1.98. The van der Waals surface area contributed by atoms with Gasteiger partial charge in [0.2, 0.25) is 0 Å². The number of fused-ring (bicyclic) bond motifs is 2. The minimum absolute atomic E-state index is 0.0765. The minimum atomic E-state index is -0.412. The lowest BCUT2D eigenvalue weighted by atomic mass is 10.1. The van der Waals surface area contributed by atoms with Gasteiger partial charge >= 0.3 is 0 Å². The van der Waals surface area contributed by atoms with Crippen LogP contribution in [0.5, 0.6) is 0 Å². The van der Waals surface area contributed by atoms with Crippen LogP contribution in [-0.2, 0) is 11.8 Å². The second-order valence-corrected chi connectivity index (χ2v) is 6.76. The van der Waals surface area contributed by atoms with Crippen molar-refractivity contribution in [2.45, 2.75) is 6.92 Å². The Morgan fingerprint density at radius 3 is 2.54 bits per heavy atom. The Balaban J connectivity index is 1.69. The summed E-state index contributed by atoms with van der Waals surface area (Å²) in [6.07, 6.45) is 1.67. The maximum absolute atomic E-state index is 12.7. The molecular weight excluding hydrogens is 346 g/mol. The van der Waals surface area contributed by atoms with Crippen molar-refractivity contribution in [3.8, 4) is 6.07 Å². The van der Waals surface area contributed by atoms with E-state index < -0.39 is 5.91 Å². The van der Waals surface area contributed by atoms with Crippen molar-refractivity contribution >= 4 is 39.3 Å². The number of aromatic nitrogens is 1. The molecule has 4 nitrogen and oxygen atoms in total. The van der Waals surface area contributed by atoms with Crippen molar-refractivity contribution in [2.24, 2.45) is 7.05 Å². The van der Waals surface area contributed by atoms with Crippen LogP contribution in [0.25, 0.3) is 27.8 Å². The predicted octanol–water partition coefficient (Wildman–Crippen LogP) is 5.19. The summed E-state index contributed by atoms with van der Waals surface area (Å²) >= 11 is 0. The average Bonchev–Trinajstić information content (AvgIpc) is 2.96. The number of anilines is 1. The molecule has 0 bridgehead atoms. The fourth-order valence-electron chi connectivity index (χ4n) is 3.49. The number of hydrogen-bond donors (Lipinski definition) is 1. The van der Waals surface area contributed by atoms with Gasteiger partial charge in [-0.15, -0.1) is 0 Å². The van der Waals surface area contributed by atoms with Crippen molar-refractivity contribution in [3.05, 3.63) is 83.6 Å². The van der Waals surface area contributed by atoms with Crippen LogP contribution in [0.4, 0.5) is 5.69 Å². The molecule has 136 valence electrons. The summed E-state index contributed by atoms with van der Waals surface area (Å²) < 4.78 is 2.07. The van der Waals surface area contributed by atoms with Gasteiger partial charge in [0.15, 0.2) is 0 Å². The largest absolute Gasteiger partial charge is 0.347 e. The number of amides is 1. The van der Waals surface area contributed by atoms with Gasteiger partial charge in [-0.25, -0.2) is 0 Å². The maximum Gasteiger partial charge on any atom is 0.266 e. The summed E-state index contributed by atoms with van der Waals surface area (Å²) in [5, 5.41) is 15.6. The van der Waals surface area contributed by atoms with Crippen LogP contribution in [0.3, 0.4) is 0 Å². The van der Waals surface area contributed by atoms with E-state index in [9.17, 15) is 10.1 Å². The molecule has 1 heterocycles. The van der Waals surface area contributed by atoms with Gasteiger partial charge in [0.25, 0.3) is 5.91 Å². The number of benzene rings is 3. The Labute approximate surface area is 163 Å². The third-order valence-electron chi connectivity index (χ3n) is 5.11. The lowest BCUT2D eigenvalue weighted by molar-refractivity contribution is -0.112. The standard InChI is InChI=1S/C24H19N3O/c1-16-22(21-9-5-6-10-23(21)27(16)2)14-19(15-25)24(28)26-20-12-11-17-7-3-4-8-18(17)13-20/h3-14H,1-2H3,(H,26,28)/b19-14-. The summed E-state index contributed by atoms with van der Waals surface area (Å²) in [6.45, 7) is 1.99. The first-order chi connectivity index (χ1) is 13.6. The highest BCUT2D eigenvalue weighted by Gasteiger charge is 2.14. The lowest BCUT2D eigenvalue weighted by Gasteiger charge is -2.06. The molecule has 1 aromatic heterocycles. The zero-order valence-corrected chi connectivity index (χ0v) is 15.7. The van der Waals surface area contributed by atoms with Crippen LogP contribution in [0.15, 0.2) is 72.3 Å². The molecule has 0 aliphatic rings. The minimum Gasteiger partial charge on any atom is -0.347 e. The van der Waals surface area contributed by atoms with E-state index in [1.807, 2.05) is 86.8 Å². The summed E-state index contributed by atoms with van der Waals surface area (Å²) in [5.74, 6) is -0.412. The average molecular weight is 365 g/mol. The van der Waals surface area contributed by atoms with Crippen LogP contribution >= 0.6 is 0 Å². The van der Waals surface area contributed by atoms with E-state index in [0.29, 0.717) is 5.69 Å². The van der Waals surface area contributed by atoms with Gasteiger partial charge < -0.3 is 9.88 Å². The van der Waals surface area contributed by atoms with Crippen molar-refractivity contribution in [1.29, 1.82) is 5.26 Å². The number of para-hydroxylation sites is 1. The first-order valence-electron chi connectivity index (χ1n) is 9.04. The zero-order valence-electron chi connectivity index (χ0n) is 15.7. The van der Waals surface area contributed by atoms with E-state index in [1.165, 1.54) is 0 Å². The smallest absolute Gasteiger partial charge is 0.266 e. The first-order valence-corrected chi connectivity index (χ1v) is 9.04. The fourth-order valence-corrected chi connectivity index (χ4v) is 3.49. The van der Waals surface area contributed by atoms with E-state index in [0.717, 1.165) is 32.9 Å².